The Morgan fingerprint density at radius 1 is 1.03 bits per heavy atom. The van der Waals surface area contributed by atoms with Crippen LogP contribution in [0.25, 0.3) is 5.69 Å². The molecule has 12 heteroatoms. The number of ether oxygens (including phenoxy) is 1. The molecule has 3 aromatic carbocycles. The second-order valence-electron chi connectivity index (χ2n) is 7.69. The van der Waals surface area contributed by atoms with Crippen LogP contribution in [0.3, 0.4) is 0 Å². The lowest BCUT2D eigenvalue weighted by Gasteiger charge is -2.17. The van der Waals surface area contributed by atoms with Gasteiger partial charge in [0.15, 0.2) is 10.9 Å². The summed E-state index contributed by atoms with van der Waals surface area (Å²) in [5, 5.41) is 19.7. The van der Waals surface area contributed by atoms with Crippen LogP contribution in [0.15, 0.2) is 65.8 Å². The summed E-state index contributed by atoms with van der Waals surface area (Å²) in [5.41, 5.74) is 1.82. The van der Waals surface area contributed by atoms with E-state index in [1.165, 1.54) is 24.3 Å². The van der Waals surface area contributed by atoms with Crippen molar-refractivity contribution in [2.24, 2.45) is 0 Å². The molecule has 0 N–H and O–H groups in total. The van der Waals surface area contributed by atoms with Gasteiger partial charge in [0.2, 0.25) is 6.54 Å². The predicted octanol–water partition coefficient (Wildman–Crippen LogP) is 6.85. The molecule has 4 aromatic rings. The lowest BCUT2D eigenvalue weighted by atomic mass is 10.1. The number of benzene rings is 3. The number of hydrogen-bond acceptors (Lipinski definition) is 6. The van der Waals surface area contributed by atoms with E-state index in [9.17, 15) is 18.9 Å². The predicted molar refractivity (Wildman–Crippen MR) is 134 cm³/mol. The highest BCUT2D eigenvalue weighted by Crippen LogP contribution is 2.42. The molecular weight excluding hydrogens is 533 g/mol. The van der Waals surface area contributed by atoms with Crippen LogP contribution in [0.2, 0.25) is 10.0 Å². The van der Waals surface area contributed by atoms with Crippen LogP contribution in [0.1, 0.15) is 22.2 Å². The SMILES string of the molecule is Cc1nnc(S[C@@H](C[N+](=O)[O-])c2cc(Cl)c(OCc3ccc(F)cc3)c(Cl)c2)n1-c1ccc(F)cc1. The average molecular weight is 551 g/mol. The molecule has 0 aliphatic rings. The molecule has 0 spiro atoms. The smallest absolute Gasteiger partial charge is 0.220 e. The fourth-order valence-corrected chi connectivity index (χ4v) is 5.19. The van der Waals surface area contributed by atoms with Crippen molar-refractivity contribution in [3.63, 3.8) is 0 Å². The molecular formula is C24H18Cl2F2N4O3S. The quantitative estimate of drug-likeness (QED) is 0.129. The second kappa shape index (κ2) is 11.2. The summed E-state index contributed by atoms with van der Waals surface area (Å²) >= 11 is 14.0. The first-order valence-corrected chi connectivity index (χ1v) is 12.2. The van der Waals surface area contributed by atoms with Crippen molar-refractivity contribution in [2.45, 2.75) is 23.9 Å². The van der Waals surface area contributed by atoms with Crippen LogP contribution >= 0.6 is 35.0 Å². The van der Waals surface area contributed by atoms with E-state index >= 15 is 0 Å². The van der Waals surface area contributed by atoms with Gasteiger partial charge in [0, 0.05) is 10.6 Å². The van der Waals surface area contributed by atoms with Crippen LogP contribution < -0.4 is 4.74 Å². The number of aryl methyl sites for hydroxylation is 1. The molecule has 0 radical (unpaired) electrons. The van der Waals surface area contributed by atoms with Gasteiger partial charge >= 0.3 is 0 Å². The van der Waals surface area contributed by atoms with E-state index in [1.807, 2.05) is 0 Å². The molecule has 0 saturated heterocycles. The van der Waals surface area contributed by atoms with E-state index < -0.39 is 22.5 Å². The van der Waals surface area contributed by atoms with Crippen LogP contribution in [0.4, 0.5) is 8.78 Å². The van der Waals surface area contributed by atoms with E-state index in [4.69, 9.17) is 27.9 Å². The van der Waals surface area contributed by atoms with Crippen molar-refractivity contribution >= 4 is 35.0 Å². The minimum atomic E-state index is -0.719. The monoisotopic (exact) mass is 550 g/mol. The highest BCUT2D eigenvalue weighted by atomic mass is 35.5. The van der Waals surface area contributed by atoms with Crippen LogP contribution in [-0.4, -0.2) is 26.2 Å². The molecule has 186 valence electrons. The Bertz CT molecular complexity index is 1360. The third-order valence-corrected chi connectivity index (χ3v) is 6.87. The number of thioether (sulfide) groups is 1. The van der Waals surface area contributed by atoms with Gasteiger partial charge in [-0.25, -0.2) is 8.78 Å². The molecule has 1 heterocycles. The third-order valence-electron chi connectivity index (χ3n) is 5.13. The van der Waals surface area contributed by atoms with Crippen molar-refractivity contribution in [1.82, 2.24) is 14.8 Å². The molecule has 0 bridgehead atoms. The van der Waals surface area contributed by atoms with Gasteiger partial charge in [-0.05, 0) is 66.6 Å². The molecule has 7 nitrogen and oxygen atoms in total. The van der Waals surface area contributed by atoms with Crippen molar-refractivity contribution in [3.05, 3.63) is 109 Å². The Labute approximate surface area is 219 Å². The largest absolute Gasteiger partial charge is 0.486 e. The maximum absolute atomic E-state index is 13.4. The maximum atomic E-state index is 13.4. The first-order chi connectivity index (χ1) is 17.2. The van der Waals surface area contributed by atoms with Crippen LogP contribution in [0.5, 0.6) is 5.75 Å². The van der Waals surface area contributed by atoms with Gasteiger partial charge in [-0.15, -0.1) is 10.2 Å². The van der Waals surface area contributed by atoms with Crippen molar-refractivity contribution in [1.29, 1.82) is 0 Å². The standard InChI is InChI=1S/C24H18Cl2F2N4O3S/c1-14-29-30-24(32(14)19-8-6-18(28)7-9-19)36-22(12-31(33)34)16-10-20(25)23(21(26)11-16)35-13-15-2-4-17(27)5-3-15/h2-11,22H,12-13H2,1H3/t22-/m0/s1. The zero-order valence-corrected chi connectivity index (χ0v) is 21.0. The van der Waals surface area contributed by atoms with E-state index in [1.54, 1.807) is 47.9 Å². The summed E-state index contributed by atoms with van der Waals surface area (Å²) in [6.45, 7) is 1.39. The molecule has 0 unspecified atom stereocenters. The van der Waals surface area contributed by atoms with Crippen molar-refractivity contribution < 1.29 is 18.4 Å². The van der Waals surface area contributed by atoms with Gasteiger partial charge in [0.05, 0.1) is 10.0 Å². The molecule has 36 heavy (non-hydrogen) atoms. The van der Waals surface area contributed by atoms with Gasteiger partial charge in [-0.2, -0.15) is 0 Å². The van der Waals surface area contributed by atoms with Crippen LogP contribution in [0, 0.1) is 28.7 Å². The summed E-state index contributed by atoms with van der Waals surface area (Å²) in [6, 6.07) is 14.7. The number of aromatic nitrogens is 3. The van der Waals surface area contributed by atoms with Gasteiger partial charge < -0.3 is 4.74 Å². The normalized spacial score (nSPS) is 11.9. The zero-order chi connectivity index (χ0) is 25.8. The second-order valence-corrected chi connectivity index (χ2v) is 9.68. The van der Waals surface area contributed by atoms with E-state index in [0.717, 1.165) is 11.8 Å². The average Bonchev–Trinajstić information content (AvgIpc) is 3.19. The van der Waals surface area contributed by atoms with Gasteiger partial charge in [0.25, 0.3) is 0 Å². The first-order valence-electron chi connectivity index (χ1n) is 10.5. The highest BCUT2D eigenvalue weighted by Gasteiger charge is 2.26. The fourth-order valence-electron chi connectivity index (χ4n) is 3.42. The van der Waals surface area contributed by atoms with E-state index in [0.29, 0.717) is 27.8 Å². The number of halogens is 4. The van der Waals surface area contributed by atoms with Gasteiger partial charge in [-0.1, -0.05) is 47.1 Å². The van der Waals surface area contributed by atoms with E-state index in [-0.39, 0.29) is 28.2 Å². The molecule has 0 aliphatic carbocycles. The van der Waals surface area contributed by atoms with Crippen LogP contribution in [-0.2, 0) is 6.61 Å². The topological polar surface area (TPSA) is 83.1 Å². The Kier molecular flexibility index (Phi) is 8.07. The highest BCUT2D eigenvalue weighted by molar-refractivity contribution is 7.99. The Morgan fingerprint density at radius 2 is 1.61 bits per heavy atom. The lowest BCUT2D eigenvalue weighted by Crippen LogP contribution is -2.11. The molecule has 0 aliphatic heterocycles. The number of rotatable bonds is 9. The number of nitro groups is 1. The Balaban J connectivity index is 1.61. The molecule has 0 amide bonds. The fraction of sp³-hybridized carbons (Fsp3) is 0.167. The summed E-state index contributed by atoms with van der Waals surface area (Å²) in [7, 11) is 0. The summed E-state index contributed by atoms with van der Waals surface area (Å²) < 4.78 is 33.9. The Morgan fingerprint density at radius 3 is 2.19 bits per heavy atom. The van der Waals surface area contributed by atoms with Crippen molar-refractivity contribution in [3.8, 4) is 11.4 Å². The molecule has 0 saturated carbocycles. The zero-order valence-electron chi connectivity index (χ0n) is 18.7. The first kappa shape index (κ1) is 25.9. The number of nitrogens with zero attached hydrogens (tertiary/aromatic N) is 4. The molecule has 4 rings (SSSR count). The van der Waals surface area contributed by atoms with Gasteiger partial charge in [-0.3, -0.25) is 14.7 Å². The number of hydrogen-bond donors (Lipinski definition) is 0. The van der Waals surface area contributed by atoms with E-state index in [2.05, 4.69) is 10.2 Å². The molecule has 0 fully saturated rings. The molecule has 1 atom stereocenters. The third kappa shape index (κ3) is 6.13. The summed E-state index contributed by atoms with van der Waals surface area (Å²) in [5.74, 6) is -0.0129. The summed E-state index contributed by atoms with van der Waals surface area (Å²) in [6.07, 6.45) is 0. The minimum Gasteiger partial charge on any atom is -0.486 e. The minimum absolute atomic E-state index is 0.103. The maximum Gasteiger partial charge on any atom is 0.220 e. The lowest BCUT2D eigenvalue weighted by molar-refractivity contribution is -0.479. The summed E-state index contributed by atoms with van der Waals surface area (Å²) in [4.78, 5) is 11.0. The molecule has 1 aromatic heterocycles. The van der Waals surface area contributed by atoms with Crippen molar-refractivity contribution in [2.75, 3.05) is 6.54 Å². The van der Waals surface area contributed by atoms with Gasteiger partial charge in [0.1, 0.15) is 29.3 Å². The Hall–Kier alpha value is -3.21.